The molecule has 1 amide bonds. The molecule has 0 unspecified atom stereocenters. The van der Waals surface area contributed by atoms with Crippen LogP contribution in [0.3, 0.4) is 0 Å². The third kappa shape index (κ3) is 4.81. The normalized spacial score (nSPS) is 10.4. The van der Waals surface area contributed by atoms with E-state index in [1.807, 2.05) is 24.3 Å². The first-order chi connectivity index (χ1) is 11.5. The highest BCUT2D eigenvalue weighted by molar-refractivity contribution is 5.91. The van der Waals surface area contributed by atoms with Gasteiger partial charge in [0.2, 0.25) is 5.91 Å². The smallest absolute Gasteiger partial charge is 0.337 e. The van der Waals surface area contributed by atoms with Gasteiger partial charge in [0, 0.05) is 18.0 Å². The Bertz CT molecular complexity index is 778. The summed E-state index contributed by atoms with van der Waals surface area (Å²) in [5, 5.41) is 11.6. The molecule has 0 aliphatic rings. The second kappa shape index (κ2) is 8.10. The highest BCUT2D eigenvalue weighted by Gasteiger charge is 2.09. The first-order valence-electron chi connectivity index (χ1n) is 7.82. The molecule has 0 bridgehead atoms. The van der Waals surface area contributed by atoms with Crippen LogP contribution in [0.4, 0.5) is 5.69 Å². The number of carbonyl (C=O) groups is 2. The fraction of sp³-hybridized carbons (Fsp3) is 0.278. The summed E-state index contributed by atoms with van der Waals surface area (Å²) in [4.78, 5) is 34.7. The molecule has 1 aromatic heterocycles. The average molecular weight is 328 g/mol. The molecular weight excluding hydrogens is 308 g/mol. The molecule has 0 radical (unpaired) electrons. The van der Waals surface area contributed by atoms with Crippen molar-refractivity contribution in [2.75, 3.05) is 5.32 Å². The third-order valence-electron chi connectivity index (χ3n) is 3.60. The quantitative estimate of drug-likeness (QED) is 0.817. The molecule has 0 spiro atoms. The molecule has 1 heterocycles. The topological polar surface area (TPSA) is 88.4 Å². The largest absolute Gasteiger partial charge is 0.478 e. The van der Waals surface area contributed by atoms with Gasteiger partial charge in [0.25, 0.3) is 5.56 Å². The molecule has 6 nitrogen and oxygen atoms in total. The summed E-state index contributed by atoms with van der Waals surface area (Å²) in [6.07, 6.45) is 4.41. The van der Waals surface area contributed by atoms with Crippen molar-refractivity contribution in [2.24, 2.45) is 0 Å². The van der Waals surface area contributed by atoms with Crippen LogP contribution in [-0.2, 0) is 17.8 Å². The van der Waals surface area contributed by atoms with Crippen molar-refractivity contribution in [1.29, 1.82) is 0 Å². The number of carboxylic acid groups (broad SMARTS) is 1. The standard InChI is InChI=1S/C18H20N2O4/c1-2-3-4-13-5-8-15(9-6-13)19-16(21)12-20-11-14(18(23)24)7-10-17(20)22/h5-11H,2-4,12H2,1H3,(H,19,21)(H,23,24). The van der Waals surface area contributed by atoms with Gasteiger partial charge in [-0.1, -0.05) is 25.5 Å². The maximum atomic E-state index is 12.1. The van der Waals surface area contributed by atoms with Crippen LogP contribution in [0.2, 0.25) is 0 Å². The zero-order valence-corrected chi connectivity index (χ0v) is 13.5. The number of carbonyl (C=O) groups excluding carboxylic acids is 1. The van der Waals surface area contributed by atoms with Crippen molar-refractivity contribution in [3.63, 3.8) is 0 Å². The minimum Gasteiger partial charge on any atom is -0.478 e. The third-order valence-corrected chi connectivity index (χ3v) is 3.60. The Hall–Kier alpha value is -2.89. The van der Waals surface area contributed by atoms with Gasteiger partial charge in [-0.15, -0.1) is 0 Å². The van der Waals surface area contributed by atoms with Gasteiger partial charge in [0.05, 0.1) is 5.56 Å². The Morgan fingerprint density at radius 2 is 1.83 bits per heavy atom. The molecule has 6 heteroatoms. The van der Waals surface area contributed by atoms with E-state index in [0.717, 1.165) is 36.1 Å². The minimum absolute atomic E-state index is 0.0392. The Balaban J connectivity index is 2.02. The van der Waals surface area contributed by atoms with Crippen LogP contribution in [0, 0.1) is 0 Å². The van der Waals surface area contributed by atoms with E-state index in [1.165, 1.54) is 11.6 Å². The van der Waals surface area contributed by atoms with Gasteiger partial charge in [-0.2, -0.15) is 0 Å². The molecule has 2 aromatic rings. The van der Waals surface area contributed by atoms with Crippen molar-refractivity contribution < 1.29 is 14.7 Å². The Kier molecular flexibility index (Phi) is 5.89. The average Bonchev–Trinajstić information content (AvgIpc) is 2.56. The van der Waals surface area contributed by atoms with Gasteiger partial charge in [0.15, 0.2) is 0 Å². The SMILES string of the molecule is CCCCc1ccc(NC(=O)Cn2cc(C(=O)O)ccc2=O)cc1. The molecule has 2 N–H and O–H groups in total. The van der Waals surface area contributed by atoms with Gasteiger partial charge in [-0.05, 0) is 36.6 Å². The van der Waals surface area contributed by atoms with E-state index >= 15 is 0 Å². The van der Waals surface area contributed by atoms with Crippen molar-refractivity contribution in [3.8, 4) is 0 Å². The highest BCUT2D eigenvalue weighted by Crippen LogP contribution is 2.12. The number of aromatic nitrogens is 1. The number of nitrogens with one attached hydrogen (secondary N) is 1. The molecule has 0 atom stereocenters. The monoisotopic (exact) mass is 328 g/mol. The maximum Gasteiger partial charge on any atom is 0.337 e. The van der Waals surface area contributed by atoms with Gasteiger partial charge in [-0.25, -0.2) is 4.79 Å². The van der Waals surface area contributed by atoms with E-state index in [-0.39, 0.29) is 18.0 Å². The number of hydrogen-bond acceptors (Lipinski definition) is 3. The van der Waals surface area contributed by atoms with Crippen LogP contribution in [0.1, 0.15) is 35.7 Å². The number of aryl methyl sites for hydroxylation is 1. The zero-order chi connectivity index (χ0) is 17.5. The number of unbranched alkanes of at least 4 members (excludes halogenated alkanes) is 1. The molecule has 24 heavy (non-hydrogen) atoms. The molecule has 126 valence electrons. The number of nitrogens with zero attached hydrogens (tertiary/aromatic N) is 1. The van der Waals surface area contributed by atoms with E-state index in [4.69, 9.17) is 5.11 Å². The second-order valence-corrected chi connectivity index (χ2v) is 5.54. The molecular formula is C18H20N2O4. The predicted molar refractivity (Wildman–Crippen MR) is 91.3 cm³/mol. The lowest BCUT2D eigenvalue weighted by Gasteiger charge is -2.09. The minimum atomic E-state index is -1.15. The number of benzene rings is 1. The number of carboxylic acids is 1. The van der Waals surface area contributed by atoms with Crippen LogP contribution in [0.5, 0.6) is 0 Å². The van der Waals surface area contributed by atoms with E-state index in [0.29, 0.717) is 5.69 Å². The van der Waals surface area contributed by atoms with Crippen molar-refractivity contribution in [2.45, 2.75) is 32.7 Å². The number of amides is 1. The number of hydrogen-bond donors (Lipinski definition) is 2. The number of pyridine rings is 1. The van der Waals surface area contributed by atoms with Crippen LogP contribution in [0.15, 0.2) is 47.4 Å². The lowest BCUT2D eigenvalue weighted by atomic mass is 10.1. The fourth-order valence-corrected chi connectivity index (χ4v) is 2.27. The number of rotatable bonds is 7. The zero-order valence-electron chi connectivity index (χ0n) is 13.5. The first-order valence-corrected chi connectivity index (χ1v) is 7.82. The molecule has 0 aliphatic carbocycles. The molecule has 0 saturated heterocycles. The Labute approximate surface area is 139 Å². The summed E-state index contributed by atoms with van der Waals surface area (Å²) in [6.45, 7) is 1.90. The van der Waals surface area contributed by atoms with E-state index in [2.05, 4.69) is 12.2 Å². The number of anilines is 1. The van der Waals surface area contributed by atoms with E-state index in [1.54, 1.807) is 0 Å². The van der Waals surface area contributed by atoms with Gasteiger partial charge < -0.3 is 15.0 Å². The van der Waals surface area contributed by atoms with Gasteiger partial charge in [-0.3, -0.25) is 9.59 Å². The summed E-state index contributed by atoms with van der Waals surface area (Å²) < 4.78 is 1.08. The molecule has 0 saturated carbocycles. The van der Waals surface area contributed by atoms with Crippen molar-refractivity contribution >= 4 is 17.6 Å². The number of aromatic carboxylic acids is 1. The summed E-state index contributed by atoms with van der Waals surface area (Å²) in [5.41, 5.74) is 1.38. The summed E-state index contributed by atoms with van der Waals surface area (Å²) in [6, 6.07) is 9.91. The summed E-state index contributed by atoms with van der Waals surface area (Å²) >= 11 is 0. The molecule has 0 aliphatic heterocycles. The van der Waals surface area contributed by atoms with Crippen molar-refractivity contribution in [3.05, 3.63) is 64.1 Å². The lowest BCUT2D eigenvalue weighted by molar-refractivity contribution is -0.116. The molecule has 1 aromatic carbocycles. The molecule has 0 fully saturated rings. The Morgan fingerprint density at radius 1 is 1.12 bits per heavy atom. The van der Waals surface area contributed by atoms with Gasteiger partial charge in [0.1, 0.15) is 6.54 Å². The predicted octanol–water partition coefficient (Wildman–Crippen LogP) is 2.53. The molecule has 2 rings (SSSR count). The summed E-state index contributed by atoms with van der Waals surface area (Å²) in [7, 11) is 0. The van der Waals surface area contributed by atoms with E-state index < -0.39 is 11.5 Å². The maximum absolute atomic E-state index is 12.1. The fourth-order valence-electron chi connectivity index (χ4n) is 2.27. The van der Waals surface area contributed by atoms with Crippen LogP contribution >= 0.6 is 0 Å². The second-order valence-electron chi connectivity index (χ2n) is 5.54. The van der Waals surface area contributed by atoms with Crippen LogP contribution in [-0.4, -0.2) is 21.6 Å². The summed E-state index contributed by atoms with van der Waals surface area (Å²) in [5.74, 6) is -1.53. The van der Waals surface area contributed by atoms with Gasteiger partial charge >= 0.3 is 5.97 Å². The highest BCUT2D eigenvalue weighted by atomic mass is 16.4. The lowest BCUT2D eigenvalue weighted by Crippen LogP contribution is -2.27. The Morgan fingerprint density at radius 3 is 2.46 bits per heavy atom. The van der Waals surface area contributed by atoms with Crippen LogP contribution < -0.4 is 10.9 Å². The first kappa shape index (κ1) is 17.5. The van der Waals surface area contributed by atoms with E-state index in [9.17, 15) is 14.4 Å². The van der Waals surface area contributed by atoms with Crippen LogP contribution in [0.25, 0.3) is 0 Å². The van der Waals surface area contributed by atoms with Crippen molar-refractivity contribution in [1.82, 2.24) is 4.57 Å².